The molecule has 128 valence electrons. The molecule has 6 nitrogen and oxygen atoms in total. The van der Waals surface area contributed by atoms with E-state index >= 15 is 0 Å². The molecule has 0 aliphatic rings. The first-order valence-corrected chi connectivity index (χ1v) is 8.05. The van der Waals surface area contributed by atoms with Gasteiger partial charge in [-0.25, -0.2) is 4.98 Å². The zero-order valence-corrected chi connectivity index (χ0v) is 14.3. The third-order valence-corrected chi connectivity index (χ3v) is 3.85. The number of carbonyl (C=O) groups is 2. The first-order valence-electron chi connectivity index (χ1n) is 7.67. The van der Waals surface area contributed by atoms with Gasteiger partial charge in [-0.1, -0.05) is 11.6 Å². The van der Waals surface area contributed by atoms with Crippen LogP contribution in [-0.2, 0) is 16.1 Å². The zero-order chi connectivity index (χ0) is 17.4. The maximum Gasteiger partial charge on any atom is 0.307 e. The molecule has 0 aliphatic carbocycles. The van der Waals surface area contributed by atoms with Gasteiger partial charge >= 0.3 is 5.97 Å². The predicted octanol–water partition coefficient (Wildman–Crippen LogP) is 2.63. The van der Waals surface area contributed by atoms with Gasteiger partial charge in [-0.05, 0) is 30.7 Å². The second-order valence-electron chi connectivity index (χ2n) is 5.28. The molecule has 0 fully saturated rings. The fourth-order valence-electron chi connectivity index (χ4n) is 2.28. The lowest BCUT2D eigenvalue weighted by molar-refractivity contribution is -0.140. The maximum absolute atomic E-state index is 12.7. The number of benzene rings is 1. The summed E-state index contributed by atoms with van der Waals surface area (Å²) in [5, 5.41) is 0.577. The lowest BCUT2D eigenvalue weighted by Gasteiger charge is -2.22. The van der Waals surface area contributed by atoms with Crippen LogP contribution in [0.3, 0.4) is 0 Å². The Morgan fingerprint density at radius 3 is 2.62 bits per heavy atom. The van der Waals surface area contributed by atoms with E-state index in [1.807, 2.05) is 10.8 Å². The third kappa shape index (κ3) is 5.38. The molecule has 0 saturated heterocycles. The number of rotatable bonds is 8. The van der Waals surface area contributed by atoms with E-state index < -0.39 is 0 Å². The summed E-state index contributed by atoms with van der Waals surface area (Å²) in [6.07, 6.45) is 6.26. The number of halogens is 1. The number of ether oxygens (including phenoxy) is 1. The Kier molecular flexibility index (Phi) is 6.81. The van der Waals surface area contributed by atoms with E-state index in [0.717, 1.165) is 13.0 Å². The van der Waals surface area contributed by atoms with E-state index in [-0.39, 0.29) is 18.3 Å². The van der Waals surface area contributed by atoms with Crippen LogP contribution < -0.4 is 0 Å². The predicted molar refractivity (Wildman–Crippen MR) is 90.8 cm³/mol. The summed E-state index contributed by atoms with van der Waals surface area (Å²) in [7, 11) is 1.34. The number of esters is 1. The fraction of sp³-hybridized carbons (Fsp3) is 0.353. The molecule has 24 heavy (non-hydrogen) atoms. The van der Waals surface area contributed by atoms with Crippen molar-refractivity contribution in [1.82, 2.24) is 14.5 Å². The molecular weight excluding hydrogens is 330 g/mol. The smallest absolute Gasteiger partial charge is 0.307 e. The molecule has 1 heterocycles. The molecule has 2 rings (SSSR count). The Labute approximate surface area is 146 Å². The van der Waals surface area contributed by atoms with Crippen LogP contribution in [0.5, 0.6) is 0 Å². The number of methoxy groups -OCH3 is 1. The Morgan fingerprint density at radius 1 is 1.25 bits per heavy atom. The quantitative estimate of drug-likeness (QED) is 0.687. The minimum absolute atomic E-state index is 0.124. The summed E-state index contributed by atoms with van der Waals surface area (Å²) >= 11 is 5.86. The highest BCUT2D eigenvalue weighted by Crippen LogP contribution is 2.12. The molecule has 0 aliphatic heterocycles. The normalized spacial score (nSPS) is 10.4. The molecule has 1 amide bonds. The number of carbonyl (C=O) groups excluding carboxylic acids is 2. The Hall–Kier alpha value is -2.34. The molecule has 0 spiro atoms. The molecule has 2 aromatic rings. The van der Waals surface area contributed by atoms with Crippen LogP contribution in [0.1, 0.15) is 23.2 Å². The first kappa shape index (κ1) is 18.0. The van der Waals surface area contributed by atoms with Crippen LogP contribution in [0.2, 0.25) is 5.02 Å². The van der Waals surface area contributed by atoms with Gasteiger partial charge in [0.1, 0.15) is 0 Å². The molecule has 0 bridgehead atoms. The van der Waals surface area contributed by atoms with Gasteiger partial charge < -0.3 is 14.2 Å². The largest absolute Gasteiger partial charge is 0.469 e. The summed E-state index contributed by atoms with van der Waals surface area (Å²) in [5.41, 5.74) is 0.548. The van der Waals surface area contributed by atoms with Crippen molar-refractivity contribution < 1.29 is 14.3 Å². The van der Waals surface area contributed by atoms with Crippen molar-refractivity contribution in [2.24, 2.45) is 0 Å². The van der Waals surface area contributed by atoms with Crippen molar-refractivity contribution in [2.45, 2.75) is 19.4 Å². The Morgan fingerprint density at radius 2 is 2.00 bits per heavy atom. The maximum atomic E-state index is 12.7. The first-order chi connectivity index (χ1) is 11.6. The van der Waals surface area contributed by atoms with Crippen LogP contribution >= 0.6 is 11.6 Å². The van der Waals surface area contributed by atoms with Crippen molar-refractivity contribution in [3.05, 3.63) is 53.6 Å². The SMILES string of the molecule is COC(=O)CCN(CCCn1ccnc1)C(=O)c1ccc(Cl)cc1. The van der Waals surface area contributed by atoms with E-state index in [1.54, 1.807) is 41.7 Å². The van der Waals surface area contributed by atoms with E-state index in [9.17, 15) is 9.59 Å². The second-order valence-corrected chi connectivity index (χ2v) is 5.72. The molecule has 0 N–H and O–H groups in total. The molecule has 1 aromatic heterocycles. The average molecular weight is 350 g/mol. The summed E-state index contributed by atoms with van der Waals surface area (Å²) in [5.74, 6) is -0.459. The van der Waals surface area contributed by atoms with Crippen LogP contribution in [0.15, 0.2) is 43.0 Å². The van der Waals surface area contributed by atoms with Crippen molar-refractivity contribution >= 4 is 23.5 Å². The van der Waals surface area contributed by atoms with Gasteiger partial charge in [0.2, 0.25) is 0 Å². The Bertz CT molecular complexity index is 656. The van der Waals surface area contributed by atoms with Crippen molar-refractivity contribution in [3.8, 4) is 0 Å². The van der Waals surface area contributed by atoms with E-state index in [4.69, 9.17) is 11.6 Å². The molecule has 0 radical (unpaired) electrons. The monoisotopic (exact) mass is 349 g/mol. The number of nitrogens with zero attached hydrogens (tertiary/aromatic N) is 3. The minimum atomic E-state index is -0.335. The van der Waals surface area contributed by atoms with Crippen molar-refractivity contribution in [3.63, 3.8) is 0 Å². The number of aromatic nitrogens is 2. The van der Waals surface area contributed by atoms with E-state index in [1.165, 1.54) is 7.11 Å². The van der Waals surface area contributed by atoms with Gasteiger partial charge in [0.15, 0.2) is 0 Å². The highest BCUT2D eigenvalue weighted by Gasteiger charge is 2.17. The highest BCUT2D eigenvalue weighted by atomic mass is 35.5. The second kappa shape index (κ2) is 9.08. The van der Waals surface area contributed by atoms with Crippen LogP contribution in [0.4, 0.5) is 0 Å². The summed E-state index contributed by atoms with van der Waals surface area (Å²) < 4.78 is 6.61. The van der Waals surface area contributed by atoms with Gasteiger partial charge in [0.05, 0.1) is 19.9 Å². The molecule has 0 atom stereocenters. The standard InChI is InChI=1S/C17H20ClN3O3/c1-24-16(22)7-11-21(10-2-9-20-12-8-19-13-20)17(23)14-3-5-15(18)6-4-14/h3-6,8,12-13H,2,7,9-11H2,1H3. The summed E-state index contributed by atoms with van der Waals surface area (Å²) in [6.45, 7) is 1.61. The molecule has 0 saturated carbocycles. The number of hydrogen-bond acceptors (Lipinski definition) is 4. The summed E-state index contributed by atoms with van der Waals surface area (Å²) in [4.78, 5) is 29.7. The molecular formula is C17H20ClN3O3. The van der Waals surface area contributed by atoms with Crippen LogP contribution in [0.25, 0.3) is 0 Å². The lowest BCUT2D eigenvalue weighted by atomic mass is 10.2. The molecule has 0 unspecified atom stereocenters. The lowest BCUT2D eigenvalue weighted by Crippen LogP contribution is -2.34. The van der Waals surface area contributed by atoms with E-state index in [0.29, 0.717) is 23.7 Å². The third-order valence-electron chi connectivity index (χ3n) is 3.60. The zero-order valence-electron chi connectivity index (χ0n) is 13.5. The highest BCUT2D eigenvalue weighted by molar-refractivity contribution is 6.30. The van der Waals surface area contributed by atoms with Gasteiger partial charge in [0, 0.05) is 42.6 Å². The fourth-order valence-corrected chi connectivity index (χ4v) is 2.41. The number of aryl methyl sites for hydroxylation is 1. The topological polar surface area (TPSA) is 64.4 Å². The van der Waals surface area contributed by atoms with Gasteiger partial charge in [-0.15, -0.1) is 0 Å². The number of amides is 1. The minimum Gasteiger partial charge on any atom is -0.469 e. The van der Waals surface area contributed by atoms with Crippen LogP contribution in [0, 0.1) is 0 Å². The van der Waals surface area contributed by atoms with Crippen LogP contribution in [-0.4, -0.2) is 46.5 Å². The van der Waals surface area contributed by atoms with Gasteiger partial charge in [0.25, 0.3) is 5.91 Å². The molecule has 1 aromatic carbocycles. The average Bonchev–Trinajstić information content (AvgIpc) is 3.11. The number of imidazole rings is 1. The van der Waals surface area contributed by atoms with Crippen molar-refractivity contribution in [2.75, 3.05) is 20.2 Å². The Balaban J connectivity index is 1.98. The van der Waals surface area contributed by atoms with E-state index in [2.05, 4.69) is 9.72 Å². The van der Waals surface area contributed by atoms with Gasteiger partial charge in [-0.2, -0.15) is 0 Å². The summed E-state index contributed by atoms with van der Waals surface area (Å²) in [6, 6.07) is 6.73. The van der Waals surface area contributed by atoms with Crippen molar-refractivity contribution in [1.29, 1.82) is 0 Å². The van der Waals surface area contributed by atoms with Gasteiger partial charge in [-0.3, -0.25) is 9.59 Å². The number of hydrogen-bond donors (Lipinski definition) is 0. The molecule has 7 heteroatoms.